The molecule has 14 heteroatoms. The Morgan fingerprint density at radius 1 is 1.18 bits per heavy atom. The van der Waals surface area contributed by atoms with Crippen molar-refractivity contribution in [2.24, 2.45) is 5.41 Å². The monoisotopic (exact) mass is 565 g/mol. The van der Waals surface area contributed by atoms with Crippen LogP contribution in [0.15, 0.2) is 36.4 Å². The summed E-state index contributed by atoms with van der Waals surface area (Å²) in [4.78, 5) is 35.2. The van der Waals surface area contributed by atoms with Crippen LogP contribution in [0.3, 0.4) is 0 Å². The molecule has 1 aromatic heterocycles. The number of hydrogen-bond acceptors (Lipinski definition) is 9. The fourth-order valence-corrected chi connectivity index (χ4v) is 5.21. The molecular formula is C25H31AlF3N5O5. The molecular weight excluding hydrogens is 534 g/mol. The molecule has 210 valence electrons. The highest BCUT2D eigenvalue weighted by molar-refractivity contribution is 6.11. The van der Waals surface area contributed by atoms with Gasteiger partial charge in [-0.3, -0.25) is 4.90 Å². The van der Waals surface area contributed by atoms with Crippen LogP contribution in [0.1, 0.15) is 31.7 Å². The number of nitrogens with two attached hydrogens (primary N) is 1. The first-order valence-electron chi connectivity index (χ1n) is 12.8. The molecule has 4 rings (SSSR count). The SMILES string of the molecule is CCOC(=O)[C@@H]1CC2(CCN(c3cc(O[C@H]([AlH2])C(F)(F)F)nc(N)n3)CC2)CN1C(=O)OCc1ccccc1. The maximum Gasteiger partial charge on any atom is 0.410 e. The molecule has 1 amide bonds. The van der Waals surface area contributed by atoms with Crippen LogP contribution in [-0.4, -0.2) is 86.6 Å². The van der Waals surface area contributed by atoms with E-state index in [-0.39, 0.29) is 46.7 Å². The Labute approximate surface area is 232 Å². The van der Waals surface area contributed by atoms with E-state index < -0.39 is 29.2 Å². The molecule has 2 N–H and O–H groups in total. The summed E-state index contributed by atoms with van der Waals surface area (Å²) in [6.07, 6.45) is -3.43. The molecule has 2 atom stereocenters. The Bertz CT molecular complexity index is 1160. The van der Waals surface area contributed by atoms with E-state index >= 15 is 0 Å². The van der Waals surface area contributed by atoms with Gasteiger partial charge in [0.1, 0.15) is 23.4 Å². The summed E-state index contributed by atoms with van der Waals surface area (Å²) in [7, 11) is 0. The van der Waals surface area contributed by atoms with Crippen LogP contribution in [0.5, 0.6) is 5.88 Å². The van der Waals surface area contributed by atoms with E-state index in [2.05, 4.69) is 9.97 Å². The predicted molar refractivity (Wildman–Crippen MR) is 138 cm³/mol. The molecule has 2 aliphatic rings. The highest BCUT2D eigenvalue weighted by Crippen LogP contribution is 2.44. The van der Waals surface area contributed by atoms with E-state index in [0.717, 1.165) is 5.56 Å². The zero-order valence-corrected chi connectivity index (χ0v) is 23.8. The van der Waals surface area contributed by atoms with Gasteiger partial charge in [0.05, 0.1) is 6.61 Å². The van der Waals surface area contributed by atoms with Crippen LogP contribution in [0.4, 0.5) is 29.7 Å². The molecule has 3 heterocycles. The first kappa shape index (κ1) is 28.8. The molecule has 0 bridgehead atoms. The lowest BCUT2D eigenvalue weighted by atomic mass is 9.76. The molecule has 0 saturated carbocycles. The maximum atomic E-state index is 13.0. The summed E-state index contributed by atoms with van der Waals surface area (Å²) in [5.74, 6) is -0.524. The quantitative estimate of drug-likeness (QED) is 0.399. The Morgan fingerprint density at radius 3 is 2.51 bits per heavy atom. The average Bonchev–Trinajstić information content (AvgIpc) is 3.27. The highest BCUT2D eigenvalue weighted by atomic mass is 27.0. The van der Waals surface area contributed by atoms with Gasteiger partial charge in [-0.2, -0.15) is 23.1 Å². The van der Waals surface area contributed by atoms with Crippen molar-refractivity contribution in [2.75, 3.05) is 36.9 Å². The number of hydrogen-bond donors (Lipinski definition) is 1. The lowest BCUT2D eigenvalue weighted by Gasteiger charge is -2.39. The molecule has 2 aliphatic heterocycles. The van der Waals surface area contributed by atoms with Gasteiger partial charge >= 0.3 is 18.2 Å². The summed E-state index contributed by atoms with van der Waals surface area (Å²) < 4.78 is 54.7. The second-order valence-electron chi connectivity index (χ2n) is 9.85. The fraction of sp³-hybridized carbons (Fsp3) is 0.520. The van der Waals surface area contributed by atoms with E-state index in [9.17, 15) is 22.8 Å². The number of piperidine rings is 1. The zero-order chi connectivity index (χ0) is 28.2. The van der Waals surface area contributed by atoms with Crippen LogP contribution < -0.4 is 15.4 Å². The van der Waals surface area contributed by atoms with E-state index in [1.807, 2.05) is 35.2 Å². The number of carbonyl (C=O) groups is 2. The van der Waals surface area contributed by atoms with Crippen LogP contribution in [-0.2, 0) is 20.9 Å². The number of esters is 1. The summed E-state index contributed by atoms with van der Waals surface area (Å²) in [5.41, 5.74) is 6.24. The smallest absolute Gasteiger partial charge is 0.410 e. The molecule has 2 aromatic rings. The van der Waals surface area contributed by atoms with Crippen molar-refractivity contribution in [3.8, 4) is 5.88 Å². The van der Waals surface area contributed by atoms with Gasteiger partial charge in [0.15, 0.2) is 0 Å². The molecule has 0 unspecified atom stereocenters. The third-order valence-electron chi connectivity index (χ3n) is 7.12. The summed E-state index contributed by atoms with van der Waals surface area (Å²) in [6, 6.07) is 9.85. The van der Waals surface area contributed by atoms with E-state index in [1.54, 1.807) is 6.92 Å². The minimum atomic E-state index is -4.49. The third-order valence-corrected chi connectivity index (χ3v) is 8.01. The average molecular weight is 566 g/mol. The van der Waals surface area contributed by atoms with Gasteiger partial charge in [0, 0.05) is 25.7 Å². The lowest BCUT2D eigenvalue weighted by molar-refractivity contribution is -0.170. The molecule has 1 aromatic carbocycles. The Balaban J connectivity index is 1.44. The van der Waals surface area contributed by atoms with Crippen molar-refractivity contribution >= 4 is 40.1 Å². The largest absolute Gasteiger partial charge is 0.482 e. The molecule has 0 radical (unpaired) electrons. The van der Waals surface area contributed by atoms with Crippen molar-refractivity contribution in [3.63, 3.8) is 0 Å². The lowest BCUT2D eigenvalue weighted by Crippen LogP contribution is -2.43. The third kappa shape index (κ3) is 7.05. The number of alkyl halides is 3. The van der Waals surface area contributed by atoms with E-state index in [1.165, 1.54) is 11.0 Å². The fourth-order valence-electron chi connectivity index (χ4n) is 4.97. The normalized spacial score (nSPS) is 19.5. The summed E-state index contributed by atoms with van der Waals surface area (Å²) >= 11 is -0.267. The molecule has 39 heavy (non-hydrogen) atoms. The number of anilines is 2. The van der Waals surface area contributed by atoms with Crippen molar-refractivity contribution in [1.82, 2.24) is 14.9 Å². The zero-order valence-electron chi connectivity index (χ0n) is 21.8. The Hall–Kier alpha value is -3.24. The first-order chi connectivity index (χ1) is 18.5. The number of halogens is 3. The molecule has 0 aliphatic carbocycles. The summed E-state index contributed by atoms with van der Waals surface area (Å²) in [5, 5.41) is 0. The Kier molecular flexibility index (Phi) is 8.76. The number of nitrogen functional groups attached to an aromatic ring is 1. The van der Waals surface area contributed by atoms with Gasteiger partial charge in [-0.05, 0) is 37.2 Å². The van der Waals surface area contributed by atoms with E-state index in [0.29, 0.717) is 44.7 Å². The number of likely N-dealkylation sites (tertiary alicyclic amines) is 1. The second-order valence-corrected chi connectivity index (χ2v) is 10.9. The van der Waals surface area contributed by atoms with Crippen LogP contribution >= 0.6 is 0 Å². The highest BCUT2D eigenvalue weighted by Gasteiger charge is 2.51. The van der Waals surface area contributed by atoms with Gasteiger partial charge in [-0.1, -0.05) is 30.3 Å². The van der Waals surface area contributed by atoms with Gasteiger partial charge in [0.2, 0.25) is 11.8 Å². The minimum Gasteiger partial charge on any atom is -0.482 e. The number of nitrogens with zero attached hydrogens (tertiary/aromatic N) is 4. The van der Waals surface area contributed by atoms with Crippen LogP contribution in [0.25, 0.3) is 0 Å². The molecule has 2 saturated heterocycles. The maximum absolute atomic E-state index is 13.0. The Morgan fingerprint density at radius 2 is 1.87 bits per heavy atom. The number of aromatic nitrogens is 2. The number of amides is 1. The van der Waals surface area contributed by atoms with Gasteiger partial charge < -0.3 is 24.8 Å². The van der Waals surface area contributed by atoms with Gasteiger partial charge in [-0.15, -0.1) is 0 Å². The van der Waals surface area contributed by atoms with Crippen LogP contribution in [0.2, 0.25) is 0 Å². The van der Waals surface area contributed by atoms with Crippen molar-refractivity contribution < 1.29 is 37.0 Å². The van der Waals surface area contributed by atoms with Gasteiger partial charge in [0.25, 0.3) is 16.3 Å². The van der Waals surface area contributed by atoms with E-state index in [4.69, 9.17) is 19.9 Å². The van der Waals surface area contributed by atoms with Crippen LogP contribution in [0, 0.1) is 5.41 Å². The molecule has 10 nitrogen and oxygen atoms in total. The standard InChI is InChI=1S/C25H29F3N5O5.Al.2H/c1-2-36-21(34)18-13-24(15-33(18)23(35)37-14-17-6-4-3-5-7-17)8-10-32(11-9-24)19-12-20(31-22(29)30-19)38-16-25(26,27)28;;;/h3-7,12,16,18H,2,8-11,13-15H2,1H3,(H2,29,30,31);;;/t18-;;;/m0.../s1. The first-order valence-corrected chi connectivity index (χ1v) is 13.9. The minimum absolute atomic E-state index is 0.0848. The van der Waals surface area contributed by atoms with Gasteiger partial charge in [-0.25, -0.2) is 9.59 Å². The number of ether oxygens (including phenoxy) is 3. The topological polar surface area (TPSA) is 120 Å². The predicted octanol–water partition coefficient (Wildman–Crippen LogP) is 2.52. The number of benzene rings is 1. The number of carbonyl (C=O) groups excluding carboxylic acids is 2. The number of rotatable bonds is 7. The molecule has 1 spiro atoms. The van der Waals surface area contributed by atoms with Crippen molar-refractivity contribution in [3.05, 3.63) is 42.0 Å². The van der Waals surface area contributed by atoms with Crippen molar-refractivity contribution in [1.29, 1.82) is 0 Å². The molecule has 2 fully saturated rings. The van der Waals surface area contributed by atoms with Crippen molar-refractivity contribution in [2.45, 2.75) is 50.0 Å². The second kappa shape index (κ2) is 11.9. The summed E-state index contributed by atoms with van der Waals surface area (Å²) in [6.45, 7) is 3.29.